The summed E-state index contributed by atoms with van der Waals surface area (Å²) in [4.78, 5) is 22.4. The minimum absolute atomic E-state index is 0.0839. The number of sulfone groups is 1. The van der Waals surface area contributed by atoms with E-state index in [9.17, 15) is 13.2 Å². The minimum Gasteiger partial charge on any atom is -0.316 e. The van der Waals surface area contributed by atoms with Gasteiger partial charge in [-0.05, 0) is 48.9 Å². The monoisotopic (exact) mass is 457 g/mol. The fourth-order valence-corrected chi connectivity index (χ4v) is 8.95. The third kappa shape index (κ3) is 3.55. The van der Waals surface area contributed by atoms with Gasteiger partial charge in [0, 0.05) is 23.4 Å². The molecular weight excluding hydrogens is 438 g/mol. The zero-order valence-electron chi connectivity index (χ0n) is 16.4. The Bertz CT molecular complexity index is 1300. The van der Waals surface area contributed by atoms with Crippen LogP contribution in [-0.2, 0) is 14.6 Å². The van der Waals surface area contributed by atoms with E-state index in [2.05, 4.69) is 24.0 Å². The second kappa shape index (κ2) is 7.18. The highest BCUT2D eigenvalue weighted by atomic mass is 32.2. The molecule has 0 spiro atoms. The molecule has 30 heavy (non-hydrogen) atoms. The number of rotatable bonds is 2. The zero-order valence-corrected chi connectivity index (χ0v) is 18.9. The predicted octanol–water partition coefficient (Wildman–Crippen LogP) is 3.89. The van der Waals surface area contributed by atoms with Crippen molar-refractivity contribution >= 4 is 59.9 Å². The maximum absolute atomic E-state index is 12.1. The Morgan fingerprint density at radius 2 is 1.93 bits per heavy atom. The van der Waals surface area contributed by atoms with E-state index < -0.39 is 9.84 Å². The maximum atomic E-state index is 12.1. The summed E-state index contributed by atoms with van der Waals surface area (Å²) in [5.41, 5.74) is 4.03. The van der Waals surface area contributed by atoms with Gasteiger partial charge >= 0.3 is 0 Å². The number of thiazole rings is 1. The van der Waals surface area contributed by atoms with Gasteiger partial charge in [-0.2, -0.15) is 4.99 Å². The molecule has 0 aliphatic carbocycles. The summed E-state index contributed by atoms with van der Waals surface area (Å²) in [6.07, 6.45) is 0. The van der Waals surface area contributed by atoms with Gasteiger partial charge in [0.25, 0.3) is 0 Å². The van der Waals surface area contributed by atoms with E-state index in [4.69, 9.17) is 4.98 Å². The Labute approximate surface area is 183 Å². The molecule has 0 N–H and O–H groups in total. The molecule has 2 saturated heterocycles. The molecule has 3 heterocycles. The molecule has 0 bridgehead atoms. The lowest BCUT2D eigenvalue weighted by Gasteiger charge is -2.24. The Kier molecular flexibility index (Phi) is 4.72. The third-order valence-corrected chi connectivity index (χ3v) is 9.53. The van der Waals surface area contributed by atoms with E-state index in [-0.39, 0.29) is 28.7 Å². The van der Waals surface area contributed by atoms with Crippen molar-refractivity contribution in [3.63, 3.8) is 0 Å². The molecule has 0 radical (unpaired) electrons. The number of aliphatic imine (C=N–C) groups is 1. The molecular formula is C21H19N3O3S3. The van der Waals surface area contributed by atoms with Crippen molar-refractivity contribution in [3.8, 4) is 10.6 Å². The molecule has 154 valence electrons. The molecule has 0 saturated carbocycles. The van der Waals surface area contributed by atoms with Crippen LogP contribution in [-0.4, -0.2) is 47.3 Å². The second-order valence-corrected chi connectivity index (χ2v) is 12.0. The van der Waals surface area contributed by atoms with Crippen molar-refractivity contribution in [3.05, 3.63) is 48.0 Å². The van der Waals surface area contributed by atoms with Crippen molar-refractivity contribution in [2.24, 2.45) is 4.99 Å². The third-order valence-electron chi connectivity index (χ3n) is 5.26. The zero-order chi connectivity index (χ0) is 21.0. The number of anilines is 1. The number of carbonyl (C=O) groups is 1. The van der Waals surface area contributed by atoms with Gasteiger partial charge in [0.05, 0.1) is 27.8 Å². The van der Waals surface area contributed by atoms with Crippen LogP contribution in [0, 0.1) is 6.92 Å². The number of hydrogen-bond acceptors (Lipinski definition) is 6. The number of thioether (sulfide) groups is 1. The van der Waals surface area contributed by atoms with Gasteiger partial charge in [-0.15, -0.1) is 11.3 Å². The van der Waals surface area contributed by atoms with Crippen LogP contribution in [0.15, 0.2) is 47.5 Å². The molecule has 2 atom stereocenters. The number of amidine groups is 1. The molecule has 6 nitrogen and oxygen atoms in total. The molecule has 3 aromatic rings. The lowest BCUT2D eigenvalue weighted by Crippen LogP contribution is -2.37. The first-order valence-corrected chi connectivity index (χ1v) is 13.0. The molecule has 1 aromatic heterocycles. The van der Waals surface area contributed by atoms with Crippen LogP contribution < -0.4 is 4.90 Å². The molecule has 1 amide bonds. The van der Waals surface area contributed by atoms with E-state index in [1.807, 2.05) is 35.2 Å². The van der Waals surface area contributed by atoms with Crippen LogP contribution in [0.2, 0.25) is 0 Å². The van der Waals surface area contributed by atoms with E-state index in [0.717, 1.165) is 26.5 Å². The Morgan fingerprint density at radius 3 is 2.67 bits per heavy atom. The van der Waals surface area contributed by atoms with Crippen molar-refractivity contribution in [2.45, 2.75) is 25.1 Å². The van der Waals surface area contributed by atoms with Crippen molar-refractivity contribution in [2.75, 3.05) is 16.4 Å². The van der Waals surface area contributed by atoms with Crippen molar-refractivity contribution in [1.82, 2.24) is 4.98 Å². The lowest BCUT2D eigenvalue weighted by molar-refractivity contribution is -0.115. The molecule has 0 unspecified atom stereocenters. The van der Waals surface area contributed by atoms with Gasteiger partial charge in [0.1, 0.15) is 5.01 Å². The highest BCUT2D eigenvalue weighted by Gasteiger charge is 2.49. The first-order chi connectivity index (χ1) is 14.3. The number of aryl methyl sites for hydroxylation is 1. The number of hydrogen-bond donors (Lipinski definition) is 0. The summed E-state index contributed by atoms with van der Waals surface area (Å²) in [7, 11) is -3.08. The van der Waals surface area contributed by atoms with E-state index in [1.165, 1.54) is 24.2 Å². The van der Waals surface area contributed by atoms with Crippen molar-refractivity contribution in [1.29, 1.82) is 0 Å². The number of nitrogens with zero attached hydrogens (tertiary/aromatic N) is 3. The van der Waals surface area contributed by atoms with Crippen LogP contribution in [0.3, 0.4) is 0 Å². The van der Waals surface area contributed by atoms with Crippen molar-refractivity contribution < 1.29 is 13.2 Å². The van der Waals surface area contributed by atoms with Gasteiger partial charge in [0.15, 0.2) is 15.0 Å². The quantitative estimate of drug-likeness (QED) is 0.581. The van der Waals surface area contributed by atoms with E-state index >= 15 is 0 Å². The topological polar surface area (TPSA) is 79.7 Å². The molecule has 2 fully saturated rings. The number of carbonyl (C=O) groups excluding carboxylic acids is 1. The van der Waals surface area contributed by atoms with Gasteiger partial charge in [-0.1, -0.05) is 17.8 Å². The van der Waals surface area contributed by atoms with Gasteiger partial charge in [0.2, 0.25) is 5.91 Å². The summed E-state index contributed by atoms with van der Waals surface area (Å²) in [6.45, 7) is 3.48. The molecule has 2 aliphatic rings. The number of fused-ring (bicyclic) bond motifs is 2. The Balaban J connectivity index is 1.50. The first-order valence-electron chi connectivity index (χ1n) is 9.52. The van der Waals surface area contributed by atoms with E-state index in [1.54, 1.807) is 11.3 Å². The summed E-state index contributed by atoms with van der Waals surface area (Å²) in [5.74, 6) is -0.0776. The maximum Gasteiger partial charge on any atom is 0.244 e. The number of amides is 1. The normalized spacial score (nSPS) is 23.9. The van der Waals surface area contributed by atoms with Crippen LogP contribution in [0.5, 0.6) is 0 Å². The predicted molar refractivity (Wildman–Crippen MR) is 124 cm³/mol. The summed E-state index contributed by atoms with van der Waals surface area (Å²) >= 11 is 3.04. The largest absolute Gasteiger partial charge is 0.316 e. The lowest BCUT2D eigenvalue weighted by atomic mass is 10.1. The molecule has 9 heteroatoms. The number of benzene rings is 2. The smallest absolute Gasteiger partial charge is 0.244 e. The van der Waals surface area contributed by atoms with Gasteiger partial charge in [-0.3, -0.25) is 4.79 Å². The standard InChI is InChI=1S/C21H19N3O3S3/c1-12-3-8-16-18(9-12)28-20(23-16)14-4-6-15(7-5-14)24-17-10-30(26,27)11-19(17)29-21(24)22-13(2)25/h3-9,17,19H,10-11H2,1-2H3/t17-,19-/m1/s1. The van der Waals surface area contributed by atoms with Gasteiger partial charge < -0.3 is 4.90 Å². The fourth-order valence-electron chi connectivity index (χ4n) is 3.92. The molecule has 2 aromatic carbocycles. The second-order valence-electron chi connectivity index (χ2n) is 7.62. The van der Waals surface area contributed by atoms with Gasteiger partial charge in [-0.25, -0.2) is 13.4 Å². The summed E-state index contributed by atoms with van der Waals surface area (Å²) < 4.78 is 25.4. The fraction of sp³-hybridized carbons (Fsp3) is 0.286. The highest BCUT2D eigenvalue weighted by Crippen LogP contribution is 2.41. The van der Waals surface area contributed by atoms with Crippen LogP contribution >= 0.6 is 23.1 Å². The van der Waals surface area contributed by atoms with E-state index in [0.29, 0.717) is 5.17 Å². The summed E-state index contributed by atoms with van der Waals surface area (Å²) in [5, 5.41) is 1.42. The van der Waals surface area contributed by atoms with Crippen LogP contribution in [0.25, 0.3) is 20.8 Å². The SMILES string of the molecule is CC(=O)N=C1S[C@@H]2CS(=O)(=O)C[C@H]2N1c1ccc(-c2nc3ccc(C)cc3s2)cc1. The Morgan fingerprint density at radius 1 is 1.17 bits per heavy atom. The average molecular weight is 458 g/mol. The van der Waals surface area contributed by atoms with Crippen LogP contribution in [0.1, 0.15) is 12.5 Å². The highest BCUT2D eigenvalue weighted by molar-refractivity contribution is 8.16. The van der Waals surface area contributed by atoms with Crippen LogP contribution in [0.4, 0.5) is 5.69 Å². The first kappa shape index (κ1) is 19.7. The molecule has 5 rings (SSSR count). The molecule has 2 aliphatic heterocycles. The summed E-state index contributed by atoms with van der Waals surface area (Å²) in [6, 6.07) is 13.9. The number of aromatic nitrogens is 1. The minimum atomic E-state index is -3.08. The Hall–Kier alpha value is -2.23. The average Bonchev–Trinajstić information content (AvgIpc) is 3.30.